The summed E-state index contributed by atoms with van der Waals surface area (Å²) in [4.78, 5) is 40.6. The van der Waals surface area contributed by atoms with E-state index in [9.17, 15) is 34.8 Å². The molecule has 38 heavy (non-hydrogen) atoms. The van der Waals surface area contributed by atoms with Gasteiger partial charge in [-0.3, -0.25) is 14.4 Å². The molecule has 0 saturated carbocycles. The third-order valence-corrected chi connectivity index (χ3v) is 8.17. The lowest BCUT2D eigenvalue weighted by Gasteiger charge is -2.45. The van der Waals surface area contributed by atoms with Gasteiger partial charge in [0.2, 0.25) is 5.78 Å². The molecule has 3 atom stereocenters. The van der Waals surface area contributed by atoms with Gasteiger partial charge in [-0.2, -0.15) is 0 Å². The number of aromatic hydroxyl groups is 1. The molecule has 9 heteroatoms. The van der Waals surface area contributed by atoms with Crippen LogP contribution in [0.1, 0.15) is 60.0 Å². The Bertz CT molecular complexity index is 1450. The van der Waals surface area contributed by atoms with E-state index in [-0.39, 0.29) is 41.7 Å². The maximum absolute atomic E-state index is 13.9. The molecule has 1 aromatic rings. The highest BCUT2D eigenvalue weighted by atomic mass is 16.3. The molecule has 0 heterocycles. The number of phenols is 1. The van der Waals surface area contributed by atoms with Crippen molar-refractivity contribution in [2.75, 3.05) is 19.0 Å². The number of ketones is 2. The van der Waals surface area contributed by atoms with Crippen molar-refractivity contribution in [2.24, 2.45) is 17.6 Å². The lowest BCUT2D eigenvalue weighted by molar-refractivity contribution is -0.144. The summed E-state index contributed by atoms with van der Waals surface area (Å²) in [6.07, 6.45) is 6.10. The third kappa shape index (κ3) is 3.71. The second-order valence-electron chi connectivity index (χ2n) is 10.7. The van der Waals surface area contributed by atoms with Crippen LogP contribution in [0.5, 0.6) is 5.75 Å². The van der Waals surface area contributed by atoms with Gasteiger partial charge >= 0.3 is 0 Å². The zero-order valence-electron chi connectivity index (χ0n) is 21.3. The maximum Gasteiger partial charge on any atom is 0.255 e. The standard InChI is InChI=1S/C29H30N2O7/c1-31(2)19-12-15(9-8-14-6-4-3-5-7-14)24(33)22-18(19)11-16-10-17-13-20(32)23(28(30)37)27(36)29(17,38)26(35)21(16)25(22)34/h6,12,16-17,32-33,35,38H,3-5,7,10-11,13H2,1-2H3,(H2,30,37)/t16-,17+,29+/m1/s1. The Kier molecular flexibility index (Phi) is 6.11. The molecule has 9 nitrogen and oxygen atoms in total. The highest BCUT2D eigenvalue weighted by Crippen LogP contribution is 2.52. The molecule has 1 amide bonds. The van der Waals surface area contributed by atoms with E-state index < -0.39 is 52.0 Å². The fraction of sp³-hybridized carbons (Fsp3) is 0.414. The van der Waals surface area contributed by atoms with Crippen molar-refractivity contribution >= 4 is 23.2 Å². The fourth-order valence-electron chi connectivity index (χ4n) is 6.26. The number of Topliss-reactive ketones (excluding diaryl/α,β-unsaturated/α-hetero) is 2. The van der Waals surface area contributed by atoms with E-state index in [0.29, 0.717) is 11.3 Å². The van der Waals surface area contributed by atoms with E-state index in [1.165, 1.54) is 0 Å². The highest BCUT2D eigenvalue weighted by Gasteiger charge is 2.59. The number of phenolic OH excluding ortho intramolecular Hbond substituents is 1. The van der Waals surface area contributed by atoms with Gasteiger partial charge in [0.1, 0.15) is 22.8 Å². The molecule has 0 aromatic heterocycles. The Morgan fingerprint density at radius 3 is 2.50 bits per heavy atom. The Morgan fingerprint density at radius 2 is 1.87 bits per heavy atom. The summed E-state index contributed by atoms with van der Waals surface area (Å²) in [5.41, 5.74) is 4.16. The molecule has 0 bridgehead atoms. The number of hydrogen-bond donors (Lipinski definition) is 5. The molecular formula is C29H30N2O7. The van der Waals surface area contributed by atoms with Gasteiger partial charge in [0.25, 0.3) is 5.91 Å². The number of nitrogens with two attached hydrogens (primary N) is 1. The molecule has 1 aromatic carbocycles. The molecule has 5 rings (SSSR count). The molecule has 4 aliphatic carbocycles. The number of hydrogen-bond acceptors (Lipinski definition) is 8. The molecule has 0 aliphatic heterocycles. The summed E-state index contributed by atoms with van der Waals surface area (Å²) >= 11 is 0. The summed E-state index contributed by atoms with van der Waals surface area (Å²) in [5, 5.41) is 44.2. The Balaban J connectivity index is 1.66. The number of benzene rings is 1. The first-order valence-corrected chi connectivity index (χ1v) is 12.7. The van der Waals surface area contributed by atoms with Gasteiger partial charge < -0.3 is 31.1 Å². The lowest BCUT2D eigenvalue weighted by atomic mass is 9.60. The van der Waals surface area contributed by atoms with Crippen molar-refractivity contribution in [2.45, 2.75) is 50.5 Å². The molecule has 0 saturated heterocycles. The first-order chi connectivity index (χ1) is 18.0. The topological polar surface area (TPSA) is 161 Å². The molecule has 0 radical (unpaired) electrons. The molecule has 4 aliphatic rings. The van der Waals surface area contributed by atoms with Gasteiger partial charge in [-0.1, -0.05) is 17.9 Å². The molecule has 0 unspecified atom stereocenters. The van der Waals surface area contributed by atoms with Gasteiger partial charge in [-0.05, 0) is 61.6 Å². The average molecular weight is 519 g/mol. The molecule has 0 fully saturated rings. The summed E-state index contributed by atoms with van der Waals surface area (Å²) in [7, 11) is 3.63. The van der Waals surface area contributed by atoms with Crippen LogP contribution in [0.3, 0.4) is 0 Å². The minimum atomic E-state index is -2.58. The number of rotatable bonds is 2. The van der Waals surface area contributed by atoms with Crippen LogP contribution in [0.25, 0.3) is 0 Å². The zero-order valence-corrected chi connectivity index (χ0v) is 21.3. The van der Waals surface area contributed by atoms with Gasteiger partial charge in [0.15, 0.2) is 11.4 Å². The minimum absolute atomic E-state index is 0.0326. The normalized spacial score (nSPS) is 26.6. The van der Waals surface area contributed by atoms with Crippen molar-refractivity contribution in [1.29, 1.82) is 0 Å². The molecule has 0 spiro atoms. The molecule has 6 N–H and O–H groups in total. The van der Waals surface area contributed by atoms with Crippen molar-refractivity contribution in [1.82, 2.24) is 0 Å². The highest BCUT2D eigenvalue weighted by molar-refractivity contribution is 6.24. The first kappa shape index (κ1) is 25.6. The van der Waals surface area contributed by atoms with Crippen LogP contribution in [0.15, 0.2) is 40.4 Å². The monoisotopic (exact) mass is 518 g/mol. The van der Waals surface area contributed by atoms with Gasteiger partial charge in [0.05, 0.1) is 11.1 Å². The summed E-state index contributed by atoms with van der Waals surface area (Å²) in [6, 6.07) is 1.74. The van der Waals surface area contributed by atoms with Crippen LogP contribution in [0.2, 0.25) is 0 Å². The quantitative estimate of drug-likeness (QED) is 0.295. The Morgan fingerprint density at radius 1 is 1.13 bits per heavy atom. The SMILES string of the molecule is CN(C)c1cc(C#CC2=CCCCC2)c(O)c2c1C[C@H]1C[C@H]3CC(O)=C(C(N)=O)C(=O)[C@@]3(O)C(O)=C1C2=O. The number of aliphatic hydroxyl groups is 3. The summed E-state index contributed by atoms with van der Waals surface area (Å²) in [6.45, 7) is 0. The number of allylic oxidation sites excluding steroid dienone is 4. The Hall–Kier alpha value is -4.03. The van der Waals surface area contributed by atoms with Crippen molar-refractivity contribution < 1.29 is 34.8 Å². The number of nitrogens with zero attached hydrogens (tertiary/aromatic N) is 1. The van der Waals surface area contributed by atoms with Gasteiger partial charge in [-0.15, -0.1) is 0 Å². The van der Waals surface area contributed by atoms with E-state index in [0.717, 1.165) is 31.3 Å². The second kappa shape index (κ2) is 9.07. The van der Waals surface area contributed by atoms with E-state index >= 15 is 0 Å². The minimum Gasteiger partial charge on any atom is -0.511 e. The van der Waals surface area contributed by atoms with Crippen LogP contribution in [-0.4, -0.2) is 57.6 Å². The average Bonchev–Trinajstić information content (AvgIpc) is 2.86. The van der Waals surface area contributed by atoms with E-state index in [1.807, 2.05) is 19.0 Å². The van der Waals surface area contributed by atoms with Crippen LogP contribution >= 0.6 is 0 Å². The lowest BCUT2D eigenvalue weighted by Crippen LogP contribution is -2.57. The number of fused-ring (bicyclic) bond motifs is 3. The number of aliphatic hydroxyl groups excluding tert-OH is 2. The smallest absolute Gasteiger partial charge is 0.255 e. The van der Waals surface area contributed by atoms with Crippen molar-refractivity contribution in [3.63, 3.8) is 0 Å². The number of carbonyl (C=O) groups is 3. The summed E-state index contributed by atoms with van der Waals surface area (Å²) < 4.78 is 0. The van der Waals surface area contributed by atoms with E-state index in [4.69, 9.17) is 5.73 Å². The first-order valence-electron chi connectivity index (χ1n) is 12.7. The number of carbonyl (C=O) groups excluding carboxylic acids is 3. The summed E-state index contributed by atoms with van der Waals surface area (Å²) in [5.74, 6) is -0.356. The maximum atomic E-state index is 13.9. The van der Waals surface area contributed by atoms with E-state index in [1.54, 1.807) is 6.07 Å². The van der Waals surface area contributed by atoms with Gasteiger partial charge in [0, 0.05) is 37.7 Å². The predicted octanol–water partition coefficient (Wildman–Crippen LogP) is 2.50. The number of amides is 1. The zero-order chi connectivity index (χ0) is 27.5. The van der Waals surface area contributed by atoms with Crippen LogP contribution in [0.4, 0.5) is 5.69 Å². The second-order valence-corrected chi connectivity index (χ2v) is 10.7. The van der Waals surface area contributed by atoms with Crippen LogP contribution in [-0.2, 0) is 16.0 Å². The van der Waals surface area contributed by atoms with Crippen molar-refractivity contribution in [3.8, 4) is 17.6 Å². The third-order valence-electron chi connectivity index (χ3n) is 8.17. The predicted molar refractivity (Wildman–Crippen MR) is 139 cm³/mol. The fourth-order valence-corrected chi connectivity index (χ4v) is 6.26. The van der Waals surface area contributed by atoms with Gasteiger partial charge in [-0.25, -0.2) is 0 Å². The molecule has 198 valence electrons. The number of primary amides is 1. The van der Waals surface area contributed by atoms with Crippen LogP contribution in [0, 0.1) is 23.7 Å². The molecular weight excluding hydrogens is 488 g/mol. The van der Waals surface area contributed by atoms with E-state index in [2.05, 4.69) is 17.9 Å². The Labute approximate surface area is 219 Å². The van der Waals surface area contributed by atoms with Crippen molar-refractivity contribution in [3.05, 3.63) is 57.1 Å². The number of anilines is 1. The van der Waals surface area contributed by atoms with Crippen LogP contribution < -0.4 is 10.6 Å². The largest absolute Gasteiger partial charge is 0.511 e.